The number of ether oxygens (including phenoxy) is 1. The Morgan fingerprint density at radius 1 is 1.39 bits per heavy atom. The van der Waals surface area contributed by atoms with Gasteiger partial charge in [0.2, 0.25) is 0 Å². The van der Waals surface area contributed by atoms with Crippen molar-refractivity contribution in [2.75, 3.05) is 7.11 Å². The molecule has 102 valence electrons. The Balaban J connectivity index is 2.50. The standard InChI is InChI=1S/C15H26N2O/c1-11-7-12(2)16-9-14(11)10-17-13(3)8-15(4,5)18-6/h7,9,13,17H,8,10H2,1-6H3. The maximum Gasteiger partial charge on any atom is 0.0637 e. The van der Waals surface area contributed by atoms with E-state index in [1.165, 1.54) is 11.1 Å². The number of nitrogens with zero attached hydrogens (tertiary/aromatic N) is 1. The fourth-order valence-corrected chi connectivity index (χ4v) is 2.09. The first-order valence-electron chi connectivity index (χ1n) is 6.55. The molecule has 3 nitrogen and oxygen atoms in total. The van der Waals surface area contributed by atoms with Crippen LogP contribution >= 0.6 is 0 Å². The van der Waals surface area contributed by atoms with Crippen LogP contribution < -0.4 is 5.32 Å². The van der Waals surface area contributed by atoms with Gasteiger partial charge < -0.3 is 10.1 Å². The number of hydrogen-bond donors (Lipinski definition) is 1. The van der Waals surface area contributed by atoms with Crippen LogP contribution in [0, 0.1) is 13.8 Å². The van der Waals surface area contributed by atoms with Crippen LogP contribution in [0.15, 0.2) is 12.3 Å². The van der Waals surface area contributed by atoms with E-state index in [4.69, 9.17) is 4.74 Å². The first-order valence-corrected chi connectivity index (χ1v) is 6.55. The van der Waals surface area contributed by atoms with Crippen LogP contribution in [0.4, 0.5) is 0 Å². The van der Waals surface area contributed by atoms with E-state index >= 15 is 0 Å². The molecule has 1 N–H and O–H groups in total. The summed E-state index contributed by atoms with van der Waals surface area (Å²) in [5, 5.41) is 3.53. The molecule has 0 bridgehead atoms. The van der Waals surface area contributed by atoms with Gasteiger partial charge in [0.15, 0.2) is 0 Å². The van der Waals surface area contributed by atoms with Gasteiger partial charge in [0, 0.05) is 31.6 Å². The molecule has 1 atom stereocenters. The van der Waals surface area contributed by atoms with Gasteiger partial charge in [-0.15, -0.1) is 0 Å². The Kier molecular flexibility index (Phi) is 5.29. The summed E-state index contributed by atoms with van der Waals surface area (Å²) in [7, 11) is 1.76. The van der Waals surface area contributed by atoms with Crippen LogP contribution in [0.2, 0.25) is 0 Å². The third kappa shape index (κ3) is 4.75. The van der Waals surface area contributed by atoms with Gasteiger partial charge in [-0.2, -0.15) is 0 Å². The number of nitrogens with one attached hydrogen (secondary N) is 1. The van der Waals surface area contributed by atoms with Crippen LogP contribution in [-0.2, 0) is 11.3 Å². The summed E-state index contributed by atoms with van der Waals surface area (Å²) in [4.78, 5) is 4.34. The third-order valence-corrected chi connectivity index (χ3v) is 3.35. The number of rotatable bonds is 6. The van der Waals surface area contributed by atoms with Crippen molar-refractivity contribution in [1.82, 2.24) is 10.3 Å². The van der Waals surface area contributed by atoms with Gasteiger partial charge in [-0.1, -0.05) is 0 Å². The molecule has 1 rings (SSSR count). The molecule has 1 unspecified atom stereocenters. The summed E-state index contributed by atoms with van der Waals surface area (Å²) >= 11 is 0. The highest BCUT2D eigenvalue weighted by atomic mass is 16.5. The van der Waals surface area contributed by atoms with Crippen molar-refractivity contribution < 1.29 is 4.74 Å². The second-order valence-corrected chi connectivity index (χ2v) is 5.70. The van der Waals surface area contributed by atoms with Gasteiger partial charge in [0.25, 0.3) is 0 Å². The lowest BCUT2D eigenvalue weighted by Gasteiger charge is -2.27. The lowest BCUT2D eigenvalue weighted by molar-refractivity contribution is 0.00844. The van der Waals surface area contributed by atoms with Crippen molar-refractivity contribution in [1.29, 1.82) is 0 Å². The number of pyridine rings is 1. The monoisotopic (exact) mass is 250 g/mol. The third-order valence-electron chi connectivity index (χ3n) is 3.35. The van der Waals surface area contributed by atoms with E-state index in [0.29, 0.717) is 6.04 Å². The molecule has 0 aliphatic heterocycles. The Labute approximate surface area is 111 Å². The van der Waals surface area contributed by atoms with Crippen molar-refractivity contribution in [3.05, 3.63) is 29.1 Å². The number of aryl methyl sites for hydroxylation is 2. The van der Waals surface area contributed by atoms with E-state index in [1.807, 2.05) is 13.1 Å². The summed E-state index contributed by atoms with van der Waals surface area (Å²) in [6, 6.07) is 2.54. The fraction of sp³-hybridized carbons (Fsp3) is 0.667. The number of hydrogen-bond acceptors (Lipinski definition) is 3. The molecule has 18 heavy (non-hydrogen) atoms. The van der Waals surface area contributed by atoms with E-state index in [0.717, 1.165) is 18.7 Å². The molecule has 0 aliphatic rings. The predicted molar refractivity (Wildman–Crippen MR) is 75.7 cm³/mol. The smallest absolute Gasteiger partial charge is 0.0637 e. The zero-order valence-electron chi connectivity index (χ0n) is 12.5. The van der Waals surface area contributed by atoms with Crippen LogP contribution in [0.25, 0.3) is 0 Å². The molecule has 0 fully saturated rings. The highest BCUT2D eigenvalue weighted by Gasteiger charge is 2.19. The van der Waals surface area contributed by atoms with Gasteiger partial charge in [-0.05, 0) is 58.2 Å². The molecule has 0 spiro atoms. The molecular formula is C15H26N2O. The maximum atomic E-state index is 5.45. The van der Waals surface area contributed by atoms with Gasteiger partial charge in [-0.25, -0.2) is 0 Å². The first kappa shape index (κ1) is 15.1. The van der Waals surface area contributed by atoms with Crippen molar-refractivity contribution in [2.45, 2.75) is 59.2 Å². The van der Waals surface area contributed by atoms with Crippen LogP contribution in [-0.4, -0.2) is 23.7 Å². The molecule has 1 heterocycles. The fourth-order valence-electron chi connectivity index (χ4n) is 2.09. The first-order chi connectivity index (χ1) is 8.34. The Morgan fingerprint density at radius 3 is 2.61 bits per heavy atom. The maximum absolute atomic E-state index is 5.45. The summed E-state index contributed by atoms with van der Waals surface area (Å²) in [5.41, 5.74) is 3.56. The molecule has 0 radical (unpaired) electrons. The van der Waals surface area contributed by atoms with Crippen molar-refractivity contribution >= 4 is 0 Å². The largest absolute Gasteiger partial charge is 0.379 e. The minimum atomic E-state index is -0.0764. The quantitative estimate of drug-likeness (QED) is 0.842. The van der Waals surface area contributed by atoms with Crippen LogP contribution in [0.3, 0.4) is 0 Å². The van der Waals surface area contributed by atoms with Crippen LogP contribution in [0.1, 0.15) is 44.0 Å². The van der Waals surface area contributed by atoms with Crippen molar-refractivity contribution in [3.8, 4) is 0 Å². The minimum absolute atomic E-state index is 0.0764. The molecule has 1 aromatic rings. The predicted octanol–water partition coefficient (Wildman–Crippen LogP) is 2.99. The lowest BCUT2D eigenvalue weighted by Crippen LogP contribution is -2.35. The van der Waals surface area contributed by atoms with Crippen molar-refractivity contribution in [3.63, 3.8) is 0 Å². The molecule has 0 saturated carbocycles. The molecule has 0 saturated heterocycles. The Bertz CT molecular complexity index is 388. The Morgan fingerprint density at radius 2 is 2.06 bits per heavy atom. The average Bonchev–Trinajstić information content (AvgIpc) is 2.27. The van der Waals surface area contributed by atoms with Crippen molar-refractivity contribution in [2.24, 2.45) is 0 Å². The van der Waals surface area contributed by atoms with E-state index < -0.39 is 0 Å². The number of aromatic nitrogens is 1. The second kappa shape index (κ2) is 6.30. The van der Waals surface area contributed by atoms with E-state index in [1.54, 1.807) is 7.11 Å². The van der Waals surface area contributed by atoms with E-state index in [2.05, 4.69) is 44.1 Å². The zero-order valence-corrected chi connectivity index (χ0v) is 12.5. The highest BCUT2D eigenvalue weighted by molar-refractivity contribution is 5.24. The molecule has 3 heteroatoms. The normalized spacial score (nSPS) is 13.7. The van der Waals surface area contributed by atoms with E-state index in [-0.39, 0.29) is 5.60 Å². The van der Waals surface area contributed by atoms with E-state index in [9.17, 15) is 0 Å². The molecule has 0 aliphatic carbocycles. The summed E-state index contributed by atoms with van der Waals surface area (Å²) in [6.07, 6.45) is 2.95. The summed E-state index contributed by atoms with van der Waals surface area (Å²) < 4.78 is 5.45. The van der Waals surface area contributed by atoms with Gasteiger partial charge in [0.1, 0.15) is 0 Å². The lowest BCUT2D eigenvalue weighted by atomic mass is 9.99. The van der Waals surface area contributed by atoms with Gasteiger partial charge >= 0.3 is 0 Å². The summed E-state index contributed by atoms with van der Waals surface area (Å²) in [6.45, 7) is 11.4. The SMILES string of the molecule is COC(C)(C)CC(C)NCc1cnc(C)cc1C. The van der Waals surface area contributed by atoms with Crippen LogP contribution in [0.5, 0.6) is 0 Å². The second-order valence-electron chi connectivity index (χ2n) is 5.70. The average molecular weight is 250 g/mol. The minimum Gasteiger partial charge on any atom is -0.379 e. The zero-order chi connectivity index (χ0) is 13.8. The molecular weight excluding hydrogens is 224 g/mol. The van der Waals surface area contributed by atoms with Gasteiger partial charge in [0.05, 0.1) is 5.60 Å². The molecule has 1 aromatic heterocycles. The highest BCUT2D eigenvalue weighted by Crippen LogP contribution is 2.16. The topological polar surface area (TPSA) is 34.1 Å². The summed E-state index contributed by atoms with van der Waals surface area (Å²) in [5.74, 6) is 0. The molecule has 0 amide bonds. The number of methoxy groups -OCH3 is 1. The Hall–Kier alpha value is -0.930. The van der Waals surface area contributed by atoms with Gasteiger partial charge in [-0.3, -0.25) is 4.98 Å². The molecule has 0 aromatic carbocycles.